The maximum Gasteiger partial charge on any atom is 0.0469 e. The molecule has 1 aromatic heterocycles. The summed E-state index contributed by atoms with van der Waals surface area (Å²) in [6.45, 7) is 1.76. The molecule has 2 rings (SSSR count). The molecule has 0 radical (unpaired) electrons. The van der Waals surface area contributed by atoms with Crippen molar-refractivity contribution in [1.82, 2.24) is 4.98 Å². The molecule has 0 saturated carbocycles. The molecule has 0 spiro atoms. The minimum absolute atomic E-state index is 0.309. The van der Waals surface area contributed by atoms with E-state index >= 15 is 0 Å². The van der Waals surface area contributed by atoms with Gasteiger partial charge in [0.2, 0.25) is 0 Å². The number of ether oxygens (including phenoxy) is 1. The molecule has 1 atom stereocenters. The lowest BCUT2D eigenvalue weighted by Gasteiger charge is -2.27. The first kappa shape index (κ1) is 11.6. The molecule has 2 heterocycles. The predicted molar refractivity (Wildman–Crippen MR) is 64.1 cm³/mol. The summed E-state index contributed by atoms with van der Waals surface area (Å²) in [4.78, 5) is 4.11. The van der Waals surface area contributed by atoms with E-state index in [1.807, 2.05) is 18.5 Å². The first-order chi connectivity index (χ1) is 7.86. The Balaban J connectivity index is 1.76. The van der Waals surface area contributed by atoms with Gasteiger partial charge in [-0.1, -0.05) is 6.07 Å². The molecule has 0 bridgehead atoms. The molecule has 16 heavy (non-hydrogen) atoms. The number of hydrogen-bond acceptors (Lipinski definition) is 3. The first-order valence-corrected chi connectivity index (χ1v) is 6.08. The summed E-state index contributed by atoms with van der Waals surface area (Å²) in [6, 6.07) is 4.41. The van der Waals surface area contributed by atoms with E-state index in [2.05, 4.69) is 11.1 Å². The van der Waals surface area contributed by atoms with Crippen molar-refractivity contribution < 1.29 is 4.74 Å². The van der Waals surface area contributed by atoms with Gasteiger partial charge >= 0.3 is 0 Å². The molecule has 0 aliphatic carbocycles. The fourth-order valence-corrected chi connectivity index (χ4v) is 2.26. The SMILES string of the molecule is NC(CCc1cccnc1)C1CCOCC1. The normalized spacial score (nSPS) is 19.6. The highest BCUT2D eigenvalue weighted by molar-refractivity contribution is 5.08. The Morgan fingerprint density at radius 2 is 2.25 bits per heavy atom. The number of pyridine rings is 1. The molecular weight excluding hydrogens is 200 g/mol. The lowest BCUT2D eigenvalue weighted by molar-refractivity contribution is 0.0576. The van der Waals surface area contributed by atoms with Crippen LogP contribution in [-0.4, -0.2) is 24.2 Å². The molecule has 3 nitrogen and oxygen atoms in total. The minimum atomic E-state index is 0.309. The Kier molecular flexibility index (Phi) is 4.31. The average Bonchev–Trinajstić information content (AvgIpc) is 2.38. The third-order valence-electron chi connectivity index (χ3n) is 3.36. The quantitative estimate of drug-likeness (QED) is 0.841. The predicted octanol–water partition coefficient (Wildman–Crippen LogP) is 1.77. The van der Waals surface area contributed by atoms with Crippen molar-refractivity contribution in [3.05, 3.63) is 30.1 Å². The molecule has 88 valence electrons. The van der Waals surface area contributed by atoms with E-state index in [4.69, 9.17) is 10.5 Å². The number of aromatic nitrogens is 1. The third-order valence-corrected chi connectivity index (χ3v) is 3.36. The molecule has 1 unspecified atom stereocenters. The summed E-state index contributed by atoms with van der Waals surface area (Å²) in [5.74, 6) is 0.644. The molecule has 1 aliphatic heterocycles. The van der Waals surface area contributed by atoms with E-state index in [0.717, 1.165) is 38.9 Å². The van der Waals surface area contributed by atoms with Gasteiger partial charge in [0.05, 0.1) is 0 Å². The summed E-state index contributed by atoms with van der Waals surface area (Å²) in [7, 11) is 0. The van der Waals surface area contributed by atoms with Gasteiger partial charge in [0.25, 0.3) is 0 Å². The van der Waals surface area contributed by atoms with E-state index in [1.165, 1.54) is 5.56 Å². The molecule has 3 heteroatoms. The zero-order chi connectivity index (χ0) is 11.2. The summed E-state index contributed by atoms with van der Waals surface area (Å²) >= 11 is 0. The van der Waals surface area contributed by atoms with Gasteiger partial charge in [-0.15, -0.1) is 0 Å². The average molecular weight is 220 g/mol. The van der Waals surface area contributed by atoms with E-state index in [9.17, 15) is 0 Å². The Morgan fingerprint density at radius 3 is 2.94 bits per heavy atom. The highest BCUT2D eigenvalue weighted by atomic mass is 16.5. The second kappa shape index (κ2) is 5.97. The van der Waals surface area contributed by atoms with Crippen LogP contribution in [0.2, 0.25) is 0 Å². The topological polar surface area (TPSA) is 48.1 Å². The number of nitrogens with zero attached hydrogens (tertiary/aromatic N) is 1. The van der Waals surface area contributed by atoms with Gasteiger partial charge in [0.15, 0.2) is 0 Å². The number of nitrogens with two attached hydrogens (primary N) is 1. The van der Waals surface area contributed by atoms with Gasteiger partial charge in [-0.05, 0) is 43.2 Å². The van der Waals surface area contributed by atoms with E-state index in [1.54, 1.807) is 0 Å². The van der Waals surface area contributed by atoms with Crippen molar-refractivity contribution in [3.63, 3.8) is 0 Å². The third kappa shape index (κ3) is 3.29. The standard InChI is InChI=1S/C13H20N2O/c14-13(12-5-8-16-9-6-12)4-3-11-2-1-7-15-10-11/h1-2,7,10,12-13H,3-6,8-9,14H2. The molecule has 0 amide bonds. The molecule has 2 N–H and O–H groups in total. The fourth-order valence-electron chi connectivity index (χ4n) is 2.26. The maximum atomic E-state index is 6.22. The zero-order valence-corrected chi connectivity index (χ0v) is 9.64. The van der Waals surface area contributed by atoms with Gasteiger partial charge < -0.3 is 10.5 Å². The van der Waals surface area contributed by atoms with Crippen molar-refractivity contribution in [2.45, 2.75) is 31.7 Å². The van der Waals surface area contributed by atoms with Crippen molar-refractivity contribution in [2.24, 2.45) is 11.7 Å². The Hall–Kier alpha value is -0.930. The number of rotatable bonds is 4. The van der Waals surface area contributed by atoms with Crippen molar-refractivity contribution in [1.29, 1.82) is 0 Å². The van der Waals surface area contributed by atoms with Crippen molar-refractivity contribution >= 4 is 0 Å². The van der Waals surface area contributed by atoms with Crippen molar-refractivity contribution in [2.75, 3.05) is 13.2 Å². The first-order valence-electron chi connectivity index (χ1n) is 6.08. The Labute approximate surface area is 97.0 Å². The molecule has 1 aliphatic rings. The zero-order valence-electron chi connectivity index (χ0n) is 9.64. The van der Waals surface area contributed by atoms with Crippen LogP contribution in [-0.2, 0) is 11.2 Å². The summed E-state index contributed by atoms with van der Waals surface area (Å²) in [6.07, 6.45) is 8.06. The van der Waals surface area contributed by atoms with E-state index in [-0.39, 0.29) is 0 Å². The van der Waals surface area contributed by atoms with E-state index < -0.39 is 0 Å². The van der Waals surface area contributed by atoms with Crippen LogP contribution >= 0.6 is 0 Å². The Bertz CT molecular complexity index is 296. The maximum absolute atomic E-state index is 6.22. The van der Waals surface area contributed by atoms with Crippen LogP contribution in [0.1, 0.15) is 24.8 Å². The highest BCUT2D eigenvalue weighted by Crippen LogP contribution is 2.20. The van der Waals surface area contributed by atoms with Gasteiger partial charge in [0, 0.05) is 31.6 Å². The van der Waals surface area contributed by atoms with Gasteiger partial charge in [0.1, 0.15) is 0 Å². The summed E-state index contributed by atoms with van der Waals surface area (Å²) in [5.41, 5.74) is 7.50. The smallest absolute Gasteiger partial charge is 0.0469 e. The van der Waals surface area contributed by atoms with E-state index in [0.29, 0.717) is 12.0 Å². The number of hydrogen-bond donors (Lipinski definition) is 1. The molecule has 1 saturated heterocycles. The second-order valence-electron chi connectivity index (χ2n) is 4.51. The van der Waals surface area contributed by atoms with Crippen LogP contribution in [0, 0.1) is 5.92 Å². The molecule has 0 aromatic carbocycles. The van der Waals surface area contributed by atoms with Crippen LogP contribution in [0.15, 0.2) is 24.5 Å². The van der Waals surface area contributed by atoms with Crippen LogP contribution in [0.3, 0.4) is 0 Å². The largest absolute Gasteiger partial charge is 0.381 e. The lowest BCUT2D eigenvalue weighted by Crippen LogP contribution is -2.34. The van der Waals surface area contributed by atoms with Gasteiger partial charge in [-0.3, -0.25) is 4.98 Å². The van der Waals surface area contributed by atoms with Gasteiger partial charge in [-0.25, -0.2) is 0 Å². The fraction of sp³-hybridized carbons (Fsp3) is 0.615. The molecule has 1 fully saturated rings. The molecular formula is C13H20N2O. The van der Waals surface area contributed by atoms with Crippen LogP contribution < -0.4 is 5.73 Å². The van der Waals surface area contributed by atoms with Crippen LogP contribution in [0.4, 0.5) is 0 Å². The highest BCUT2D eigenvalue weighted by Gasteiger charge is 2.20. The second-order valence-corrected chi connectivity index (χ2v) is 4.51. The lowest BCUT2D eigenvalue weighted by atomic mass is 9.89. The summed E-state index contributed by atoms with van der Waals surface area (Å²) in [5, 5.41) is 0. The summed E-state index contributed by atoms with van der Waals surface area (Å²) < 4.78 is 5.35. The molecule has 1 aromatic rings. The monoisotopic (exact) mass is 220 g/mol. The minimum Gasteiger partial charge on any atom is -0.381 e. The number of aryl methyl sites for hydroxylation is 1. The van der Waals surface area contributed by atoms with Crippen LogP contribution in [0.5, 0.6) is 0 Å². The van der Waals surface area contributed by atoms with Crippen LogP contribution in [0.25, 0.3) is 0 Å². The van der Waals surface area contributed by atoms with Crippen molar-refractivity contribution in [3.8, 4) is 0 Å². The van der Waals surface area contributed by atoms with Gasteiger partial charge in [-0.2, -0.15) is 0 Å². The Morgan fingerprint density at radius 1 is 1.44 bits per heavy atom.